The Labute approximate surface area is 126 Å². The number of aliphatic hydroxyl groups is 1. The zero-order valence-electron chi connectivity index (χ0n) is 11.6. The summed E-state index contributed by atoms with van der Waals surface area (Å²) in [7, 11) is 1.51. The van der Waals surface area contributed by atoms with E-state index < -0.39 is 18.7 Å². The molecule has 8 heteroatoms. The molecule has 1 aromatic carbocycles. The van der Waals surface area contributed by atoms with Gasteiger partial charge >= 0.3 is 12.6 Å². The van der Waals surface area contributed by atoms with Crippen LogP contribution in [-0.4, -0.2) is 42.3 Å². The summed E-state index contributed by atoms with van der Waals surface area (Å²) in [5.41, 5.74) is 0.335. The van der Waals surface area contributed by atoms with Crippen molar-refractivity contribution in [3.63, 3.8) is 0 Å². The molecule has 0 fully saturated rings. The minimum absolute atomic E-state index is 0.0222. The van der Waals surface area contributed by atoms with E-state index in [4.69, 9.17) is 11.6 Å². The maximum atomic E-state index is 12.3. The van der Waals surface area contributed by atoms with E-state index in [1.54, 1.807) is 6.92 Å². The number of halogens is 3. The maximum Gasteiger partial charge on any atom is 0.387 e. The lowest BCUT2D eigenvalue weighted by Crippen LogP contribution is -2.40. The van der Waals surface area contributed by atoms with Gasteiger partial charge in [0.1, 0.15) is 5.75 Å². The number of rotatable bonds is 6. The number of nitrogens with zero attached hydrogens (tertiary/aromatic N) is 1. The number of ether oxygens (including phenoxy) is 1. The molecule has 1 unspecified atom stereocenters. The van der Waals surface area contributed by atoms with Crippen molar-refractivity contribution in [3.8, 4) is 5.75 Å². The van der Waals surface area contributed by atoms with Crippen molar-refractivity contribution in [2.24, 2.45) is 0 Å². The fraction of sp³-hybridized carbons (Fsp3) is 0.462. The molecule has 21 heavy (non-hydrogen) atoms. The van der Waals surface area contributed by atoms with E-state index in [1.165, 1.54) is 30.1 Å². The molecule has 0 aliphatic heterocycles. The molecule has 1 rings (SSSR count). The van der Waals surface area contributed by atoms with Crippen LogP contribution in [0.15, 0.2) is 18.2 Å². The van der Waals surface area contributed by atoms with Crippen molar-refractivity contribution in [2.45, 2.75) is 26.2 Å². The highest BCUT2D eigenvalue weighted by Gasteiger charge is 2.14. The van der Waals surface area contributed by atoms with Gasteiger partial charge in [-0.25, -0.2) is 4.79 Å². The lowest BCUT2D eigenvalue weighted by molar-refractivity contribution is -0.0504. The fourth-order valence-electron chi connectivity index (χ4n) is 1.68. The number of nitrogens with one attached hydrogen (secondary N) is 1. The van der Waals surface area contributed by atoms with Crippen molar-refractivity contribution in [1.29, 1.82) is 0 Å². The SMILES string of the molecule is CC(O)CN(C)C(=O)NCc1cc(Cl)ccc1OC(F)F. The molecule has 0 aliphatic carbocycles. The number of carbonyl (C=O) groups is 1. The summed E-state index contributed by atoms with van der Waals surface area (Å²) in [5.74, 6) is -0.0483. The molecule has 0 bridgehead atoms. The van der Waals surface area contributed by atoms with Crippen LogP contribution in [0.3, 0.4) is 0 Å². The van der Waals surface area contributed by atoms with Gasteiger partial charge in [0.25, 0.3) is 0 Å². The molecular weight excluding hydrogens is 306 g/mol. The molecule has 0 spiro atoms. The van der Waals surface area contributed by atoms with Gasteiger partial charge < -0.3 is 20.1 Å². The Kier molecular flexibility index (Phi) is 6.64. The molecule has 0 radical (unpaired) electrons. The van der Waals surface area contributed by atoms with Gasteiger partial charge in [-0.3, -0.25) is 0 Å². The van der Waals surface area contributed by atoms with Crippen LogP contribution in [0.5, 0.6) is 5.75 Å². The first kappa shape index (κ1) is 17.5. The number of alkyl halides is 2. The first-order valence-corrected chi connectivity index (χ1v) is 6.57. The summed E-state index contributed by atoms with van der Waals surface area (Å²) < 4.78 is 28.9. The largest absolute Gasteiger partial charge is 0.434 e. The molecule has 0 saturated heterocycles. The molecule has 2 N–H and O–H groups in total. The Bertz CT molecular complexity index is 486. The maximum absolute atomic E-state index is 12.3. The predicted octanol–water partition coefficient (Wildman–Crippen LogP) is 2.46. The number of likely N-dealkylation sites (N-methyl/N-ethyl adjacent to an activating group) is 1. The van der Waals surface area contributed by atoms with Crippen molar-refractivity contribution in [3.05, 3.63) is 28.8 Å². The first-order chi connectivity index (χ1) is 9.79. The van der Waals surface area contributed by atoms with E-state index in [9.17, 15) is 18.7 Å². The number of hydrogen-bond donors (Lipinski definition) is 2. The highest BCUT2D eigenvalue weighted by Crippen LogP contribution is 2.24. The van der Waals surface area contributed by atoms with Crippen molar-refractivity contribution >= 4 is 17.6 Å². The summed E-state index contributed by atoms with van der Waals surface area (Å²) in [6.45, 7) is -1.28. The Hall–Kier alpha value is -1.60. The van der Waals surface area contributed by atoms with E-state index in [0.29, 0.717) is 10.6 Å². The molecule has 0 aromatic heterocycles. The lowest BCUT2D eigenvalue weighted by Gasteiger charge is -2.20. The Morgan fingerprint density at radius 1 is 1.52 bits per heavy atom. The lowest BCUT2D eigenvalue weighted by atomic mass is 10.2. The molecule has 2 amide bonds. The minimum Gasteiger partial charge on any atom is -0.434 e. The molecule has 0 heterocycles. The van der Waals surface area contributed by atoms with Crippen LogP contribution in [0.25, 0.3) is 0 Å². The molecule has 0 saturated carbocycles. The van der Waals surface area contributed by atoms with Crippen LogP contribution in [0, 0.1) is 0 Å². The van der Waals surface area contributed by atoms with Crippen molar-refractivity contribution in [1.82, 2.24) is 10.2 Å². The monoisotopic (exact) mass is 322 g/mol. The number of amides is 2. The standard InChI is InChI=1S/C13H17ClF2N2O3/c1-8(19)7-18(2)13(20)17-6-9-5-10(14)3-4-11(9)21-12(15)16/h3-5,8,12,19H,6-7H2,1-2H3,(H,17,20). The zero-order chi connectivity index (χ0) is 16.0. The van der Waals surface area contributed by atoms with E-state index in [2.05, 4.69) is 10.1 Å². The fourth-order valence-corrected chi connectivity index (χ4v) is 1.88. The summed E-state index contributed by atoms with van der Waals surface area (Å²) in [5, 5.41) is 12.1. The van der Waals surface area contributed by atoms with Crippen LogP contribution in [0.1, 0.15) is 12.5 Å². The minimum atomic E-state index is -2.96. The van der Waals surface area contributed by atoms with Gasteiger partial charge in [0.05, 0.1) is 6.10 Å². The third-order valence-electron chi connectivity index (χ3n) is 2.55. The molecule has 118 valence electrons. The van der Waals surface area contributed by atoms with E-state index >= 15 is 0 Å². The van der Waals surface area contributed by atoms with Crippen LogP contribution < -0.4 is 10.1 Å². The molecule has 5 nitrogen and oxygen atoms in total. The third kappa shape index (κ3) is 6.14. The highest BCUT2D eigenvalue weighted by atomic mass is 35.5. The van der Waals surface area contributed by atoms with Gasteiger partial charge in [0, 0.05) is 30.7 Å². The smallest absolute Gasteiger partial charge is 0.387 e. The van der Waals surface area contributed by atoms with Gasteiger partial charge in [-0.05, 0) is 25.1 Å². The summed E-state index contributed by atoms with van der Waals surface area (Å²) in [6, 6.07) is 3.73. The molecule has 1 aromatic rings. The number of urea groups is 1. The van der Waals surface area contributed by atoms with E-state index in [-0.39, 0.29) is 18.8 Å². The van der Waals surface area contributed by atoms with Crippen molar-refractivity contribution < 1.29 is 23.4 Å². The number of benzene rings is 1. The van der Waals surface area contributed by atoms with Crippen LogP contribution >= 0.6 is 11.6 Å². The van der Waals surface area contributed by atoms with Gasteiger partial charge in [0.15, 0.2) is 0 Å². The topological polar surface area (TPSA) is 61.8 Å². The second-order valence-corrected chi connectivity index (χ2v) is 4.96. The summed E-state index contributed by atoms with van der Waals surface area (Å²) in [4.78, 5) is 13.0. The molecule has 1 atom stereocenters. The Morgan fingerprint density at radius 2 is 2.19 bits per heavy atom. The number of carbonyl (C=O) groups excluding carboxylic acids is 1. The number of hydrogen-bond acceptors (Lipinski definition) is 3. The van der Waals surface area contributed by atoms with E-state index in [1.807, 2.05) is 0 Å². The van der Waals surface area contributed by atoms with Gasteiger partial charge in [-0.2, -0.15) is 8.78 Å². The third-order valence-corrected chi connectivity index (χ3v) is 2.79. The predicted molar refractivity (Wildman–Crippen MR) is 74.6 cm³/mol. The van der Waals surface area contributed by atoms with Crippen LogP contribution in [0.4, 0.5) is 13.6 Å². The van der Waals surface area contributed by atoms with Gasteiger partial charge in [-0.15, -0.1) is 0 Å². The quantitative estimate of drug-likeness (QED) is 0.845. The first-order valence-electron chi connectivity index (χ1n) is 6.20. The van der Waals surface area contributed by atoms with Crippen LogP contribution in [0.2, 0.25) is 5.02 Å². The normalized spacial score (nSPS) is 12.1. The average Bonchev–Trinajstić information content (AvgIpc) is 2.37. The molecular formula is C13H17ClF2N2O3. The molecule has 0 aliphatic rings. The summed E-state index contributed by atoms with van der Waals surface area (Å²) >= 11 is 5.80. The number of aliphatic hydroxyl groups excluding tert-OH is 1. The van der Waals surface area contributed by atoms with Crippen molar-refractivity contribution in [2.75, 3.05) is 13.6 Å². The zero-order valence-corrected chi connectivity index (χ0v) is 12.4. The highest BCUT2D eigenvalue weighted by molar-refractivity contribution is 6.30. The Balaban J connectivity index is 2.69. The second-order valence-electron chi connectivity index (χ2n) is 4.52. The Morgan fingerprint density at radius 3 is 2.76 bits per heavy atom. The van der Waals surface area contributed by atoms with Gasteiger partial charge in [-0.1, -0.05) is 11.6 Å². The summed E-state index contributed by atoms with van der Waals surface area (Å²) in [6.07, 6.45) is -0.662. The van der Waals surface area contributed by atoms with E-state index in [0.717, 1.165) is 0 Å². The van der Waals surface area contributed by atoms with Crippen LogP contribution in [-0.2, 0) is 6.54 Å². The van der Waals surface area contributed by atoms with Gasteiger partial charge in [0.2, 0.25) is 0 Å². The second kappa shape index (κ2) is 7.99. The average molecular weight is 323 g/mol.